The molecule has 1 aromatic carbocycles. The van der Waals surface area contributed by atoms with Gasteiger partial charge in [-0.05, 0) is 49.2 Å². The average molecular weight is 286 g/mol. The Labute approximate surface area is 121 Å². The van der Waals surface area contributed by atoms with Crippen molar-refractivity contribution in [2.75, 3.05) is 5.32 Å². The second-order valence-corrected chi connectivity index (χ2v) is 4.61. The summed E-state index contributed by atoms with van der Waals surface area (Å²) in [6, 6.07) is 5.92. The fraction of sp³-hybridized carbons (Fsp3) is 0.133. The molecule has 1 amide bonds. The number of carboxylic acids is 1. The zero-order chi connectivity index (χ0) is 15.6. The minimum Gasteiger partial charge on any atom is -0.508 e. The molecular weight excluding hydrogens is 272 g/mol. The van der Waals surface area contributed by atoms with Crippen molar-refractivity contribution in [1.82, 2.24) is 4.98 Å². The van der Waals surface area contributed by atoms with Crippen LogP contribution in [0.4, 0.5) is 5.69 Å². The van der Waals surface area contributed by atoms with Gasteiger partial charge in [-0.2, -0.15) is 0 Å². The van der Waals surface area contributed by atoms with Gasteiger partial charge < -0.3 is 15.5 Å². The molecular formula is C15H14N2O4. The van der Waals surface area contributed by atoms with Crippen LogP contribution in [-0.2, 0) is 0 Å². The number of carboxylic acid groups (broad SMARTS) is 1. The van der Waals surface area contributed by atoms with Crippen molar-refractivity contribution in [2.45, 2.75) is 13.8 Å². The minimum atomic E-state index is -1.22. The number of carbonyl (C=O) groups is 2. The highest BCUT2D eigenvalue weighted by Gasteiger charge is 2.18. The molecule has 0 spiro atoms. The summed E-state index contributed by atoms with van der Waals surface area (Å²) < 4.78 is 0. The Balaban J connectivity index is 2.35. The van der Waals surface area contributed by atoms with Crippen LogP contribution < -0.4 is 5.32 Å². The quantitative estimate of drug-likeness (QED) is 0.752. The summed E-state index contributed by atoms with van der Waals surface area (Å²) in [7, 11) is 0. The molecule has 1 heterocycles. The number of aryl methyl sites for hydroxylation is 2. The highest BCUT2D eigenvalue weighted by atomic mass is 16.4. The van der Waals surface area contributed by atoms with E-state index in [0.717, 1.165) is 0 Å². The van der Waals surface area contributed by atoms with Crippen molar-refractivity contribution in [1.29, 1.82) is 0 Å². The Kier molecular flexibility index (Phi) is 3.89. The molecule has 0 aliphatic heterocycles. The average Bonchev–Trinajstić information content (AvgIpc) is 2.44. The number of aromatic nitrogens is 1. The van der Waals surface area contributed by atoms with E-state index in [9.17, 15) is 14.7 Å². The van der Waals surface area contributed by atoms with E-state index in [4.69, 9.17) is 5.11 Å². The van der Waals surface area contributed by atoms with Crippen LogP contribution in [0, 0.1) is 13.8 Å². The molecule has 0 atom stereocenters. The van der Waals surface area contributed by atoms with Crippen molar-refractivity contribution in [3.8, 4) is 5.75 Å². The molecule has 0 unspecified atom stereocenters. The number of nitrogens with zero attached hydrogens (tertiary/aromatic N) is 1. The summed E-state index contributed by atoms with van der Waals surface area (Å²) in [4.78, 5) is 27.1. The topological polar surface area (TPSA) is 99.5 Å². The number of hydrogen-bond donors (Lipinski definition) is 3. The maximum atomic E-state index is 12.2. The first-order chi connectivity index (χ1) is 9.90. The summed E-state index contributed by atoms with van der Waals surface area (Å²) in [5.74, 6) is -1.69. The van der Waals surface area contributed by atoms with Gasteiger partial charge >= 0.3 is 5.97 Å². The molecule has 0 aliphatic carbocycles. The summed E-state index contributed by atoms with van der Waals surface area (Å²) in [5.41, 5.74) is 1.45. The summed E-state index contributed by atoms with van der Waals surface area (Å²) in [5, 5.41) is 21.3. The van der Waals surface area contributed by atoms with Crippen LogP contribution in [0.25, 0.3) is 0 Å². The van der Waals surface area contributed by atoms with Crippen LogP contribution in [0.2, 0.25) is 0 Å². The van der Waals surface area contributed by atoms with Crippen molar-refractivity contribution >= 4 is 17.6 Å². The number of phenolic OH excluding ortho intramolecular Hbond substituents is 1. The standard InChI is InChI=1S/C15H14N2O4/c1-8-7-12(18)9(2)6-11(8)17-14(19)13-10(15(20)21)4-3-5-16-13/h3-7,18H,1-2H3,(H,17,19)(H,20,21). The normalized spacial score (nSPS) is 10.2. The first kappa shape index (κ1) is 14.5. The van der Waals surface area contributed by atoms with E-state index in [2.05, 4.69) is 10.3 Å². The zero-order valence-electron chi connectivity index (χ0n) is 11.5. The van der Waals surface area contributed by atoms with E-state index in [1.165, 1.54) is 24.4 Å². The van der Waals surface area contributed by atoms with E-state index >= 15 is 0 Å². The fourth-order valence-electron chi connectivity index (χ4n) is 1.88. The monoisotopic (exact) mass is 286 g/mol. The van der Waals surface area contributed by atoms with Gasteiger partial charge in [-0.1, -0.05) is 0 Å². The molecule has 0 bridgehead atoms. The molecule has 6 heteroatoms. The van der Waals surface area contributed by atoms with Gasteiger partial charge in [-0.25, -0.2) is 4.79 Å². The summed E-state index contributed by atoms with van der Waals surface area (Å²) in [6.07, 6.45) is 1.36. The third kappa shape index (κ3) is 3.00. The SMILES string of the molecule is Cc1cc(NC(=O)c2ncccc2C(=O)O)c(C)cc1O. The van der Waals surface area contributed by atoms with Gasteiger partial charge in [-0.15, -0.1) is 0 Å². The number of aromatic carboxylic acids is 1. The van der Waals surface area contributed by atoms with Gasteiger partial charge in [0.15, 0.2) is 0 Å². The summed E-state index contributed by atoms with van der Waals surface area (Å²) >= 11 is 0. The van der Waals surface area contributed by atoms with Crippen LogP contribution in [0.5, 0.6) is 5.75 Å². The Hall–Kier alpha value is -2.89. The second kappa shape index (κ2) is 5.62. The smallest absolute Gasteiger partial charge is 0.338 e. The number of phenols is 1. The molecule has 21 heavy (non-hydrogen) atoms. The number of amides is 1. The van der Waals surface area contributed by atoms with Crippen molar-refractivity contribution in [3.05, 3.63) is 52.8 Å². The van der Waals surface area contributed by atoms with Crippen LogP contribution >= 0.6 is 0 Å². The summed E-state index contributed by atoms with van der Waals surface area (Å²) in [6.45, 7) is 3.43. The maximum Gasteiger partial charge on any atom is 0.338 e. The number of pyridine rings is 1. The van der Waals surface area contributed by atoms with Gasteiger partial charge in [0.05, 0.1) is 5.56 Å². The Bertz CT molecular complexity index is 726. The van der Waals surface area contributed by atoms with Crippen molar-refractivity contribution in [3.63, 3.8) is 0 Å². The van der Waals surface area contributed by atoms with Crippen LogP contribution in [0.1, 0.15) is 32.0 Å². The number of benzene rings is 1. The van der Waals surface area contributed by atoms with E-state index in [1.54, 1.807) is 19.9 Å². The predicted molar refractivity (Wildman–Crippen MR) is 76.7 cm³/mol. The Morgan fingerprint density at radius 1 is 1.19 bits per heavy atom. The van der Waals surface area contributed by atoms with Crippen molar-refractivity contribution in [2.24, 2.45) is 0 Å². The molecule has 0 aliphatic rings. The second-order valence-electron chi connectivity index (χ2n) is 4.61. The largest absolute Gasteiger partial charge is 0.508 e. The molecule has 2 rings (SSSR count). The number of nitrogens with one attached hydrogen (secondary N) is 1. The van der Waals surface area contributed by atoms with Crippen LogP contribution in [0.15, 0.2) is 30.5 Å². The van der Waals surface area contributed by atoms with Crippen LogP contribution in [-0.4, -0.2) is 27.1 Å². The lowest BCUT2D eigenvalue weighted by atomic mass is 10.1. The number of carbonyl (C=O) groups excluding carboxylic acids is 1. The van der Waals surface area contributed by atoms with E-state index in [-0.39, 0.29) is 17.0 Å². The van der Waals surface area contributed by atoms with E-state index in [1.807, 2.05) is 0 Å². The van der Waals surface area contributed by atoms with Crippen LogP contribution in [0.3, 0.4) is 0 Å². The molecule has 2 aromatic rings. The first-order valence-corrected chi connectivity index (χ1v) is 6.20. The van der Waals surface area contributed by atoms with E-state index in [0.29, 0.717) is 16.8 Å². The molecule has 108 valence electrons. The Morgan fingerprint density at radius 3 is 2.57 bits per heavy atom. The lowest BCUT2D eigenvalue weighted by Gasteiger charge is -2.11. The van der Waals surface area contributed by atoms with Crippen molar-refractivity contribution < 1.29 is 19.8 Å². The highest BCUT2D eigenvalue weighted by molar-refractivity contribution is 6.09. The van der Waals surface area contributed by atoms with Gasteiger partial charge in [-0.3, -0.25) is 9.78 Å². The minimum absolute atomic E-state index is 0.134. The number of hydrogen-bond acceptors (Lipinski definition) is 4. The molecule has 6 nitrogen and oxygen atoms in total. The van der Waals surface area contributed by atoms with E-state index < -0.39 is 11.9 Å². The van der Waals surface area contributed by atoms with Gasteiger partial charge in [0.2, 0.25) is 0 Å². The zero-order valence-corrected chi connectivity index (χ0v) is 11.5. The lowest BCUT2D eigenvalue weighted by Crippen LogP contribution is -2.18. The number of aromatic hydroxyl groups is 1. The lowest BCUT2D eigenvalue weighted by molar-refractivity contribution is 0.0691. The first-order valence-electron chi connectivity index (χ1n) is 6.20. The third-order valence-corrected chi connectivity index (χ3v) is 3.04. The van der Waals surface area contributed by atoms with Gasteiger partial charge in [0.25, 0.3) is 5.91 Å². The molecule has 0 saturated carbocycles. The Morgan fingerprint density at radius 2 is 1.90 bits per heavy atom. The van der Waals surface area contributed by atoms with Gasteiger partial charge in [0.1, 0.15) is 11.4 Å². The molecule has 3 N–H and O–H groups in total. The molecule has 1 aromatic heterocycles. The number of rotatable bonds is 3. The third-order valence-electron chi connectivity index (χ3n) is 3.04. The number of anilines is 1. The fourth-order valence-corrected chi connectivity index (χ4v) is 1.88. The maximum absolute atomic E-state index is 12.2. The molecule has 0 saturated heterocycles. The predicted octanol–water partition coefficient (Wildman–Crippen LogP) is 2.35. The highest BCUT2D eigenvalue weighted by Crippen LogP contribution is 2.25. The molecule has 0 radical (unpaired) electrons. The molecule has 0 fully saturated rings. The van der Waals surface area contributed by atoms with Gasteiger partial charge in [0, 0.05) is 11.9 Å².